The second-order valence-electron chi connectivity index (χ2n) is 10.1. The van der Waals surface area contributed by atoms with E-state index in [2.05, 4.69) is 33.1 Å². The molecule has 6 rings (SSSR count). The van der Waals surface area contributed by atoms with E-state index in [4.69, 9.17) is 28.3 Å². The average molecular weight is 606 g/mol. The molecule has 4 heterocycles. The molecule has 1 atom stereocenters. The van der Waals surface area contributed by atoms with Gasteiger partial charge in [0.05, 0.1) is 14.9 Å². The Kier molecular flexibility index (Phi) is 6.80. The van der Waals surface area contributed by atoms with Crippen LogP contribution in [-0.4, -0.2) is 46.2 Å². The number of halogens is 2. The molecular formula is C26H26Cl2N6O3S2. The fourth-order valence-corrected chi connectivity index (χ4v) is 8.49. The Labute approximate surface area is 240 Å². The Hall–Kier alpha value is -2.41. The SMILES string of the molecule is CC1c2cccnc2CC12CCN(c1cc(S(N)(=O)=O)c(Sc3cccc(Cl)c3Cl)c3nnc(CO)n13)CC2. The zero-order valence-corrected chi connectivity index (χ0v) is 24.2. The average Bonchev–Trinajstić information content (AvgIpc) is 3.46. The Morgan fingerprint density at radius 1 is 1.18 bits per heavy atom. The topological polar surface area (TPSA) is 127 Å². The predicted octanol–water partition coefficient (Wildman–Crippen LogP) is 4.67. The maximum atomic E-state index is 12.9. The first-order valence-electron chi connectivity index (χ1n) is 12.5. The molecule has 204 valence electrons. The smallest absolute Gasteiger partial charge is 0.239 e. The van der Waals surface area contributed by atoms with Crippen LogP contribution in [0.2, 0.25) is 10.0 Å². The second kappa shape index (κ2) is 9.90. The standard InChI is InChI=1S/C26H26Cl2N6O3S2/c1-15-16-4-3-9-30-18(16)13-26(15)7-10-33(11-8-26)22-12-20(39(29,36)37)24(25-32-31-21(14-35)34(22)25)38-19-6-2-5-17(27)23(19)28/h2-6,9,12,15,35H,7-8,10-11,13-14H2,1H3,(H2,29,36,37). The highest BCUT2D eigenvalue weighted by atomic mass is 35.5. The molecule has 4 aromatic rings. The minimum Gasteiger partial charge on any atom is -0.388 e. The maximum Gasteiger partial charge on any atom is 0.239 e. The number of aliphatic hydroxyl groups is 1. The largest absolute Gasteiger partial charge is 0.388 e. The zero-order chi connectivity index (χ0) is 27.5. The number of hydrogen-bond acceptors (Lipinski definition) is 8. The van der Waals surface area contributed by atoms with Crippen molar-refractivity contribution in [2.45, 2.75) is 53.4 Å². The van der Waals surface area contributed by atoms with E-state index >= 15 is 0 Å². The number of pyridine rings is 2. The van der Waals surface area contributed by atoms with Crippen LogP contribution in [0.3, 0.4) is 0 Å². The van der Waals surface area contributed by atoms with Crippen LogP contribution in [0, 0.1) is 5.41 Å². The van der Waals surface area contributed by atoms with Gasteiger partial charge in [-0.2, -0.15) is 0 Å². The summed E-state index contributed by atoms with van der Waals surface area (Å²) in [5.41, 5.74) is 2.85. The first-order chi connectivity index (χ1) is 18.6. The highest BCUT2D eigenvalue weighted by molar-refractivity contribution is 8.00. The number of primary sulfonamides is 1. The Bertz CT molecular complexity index is 1700. The Balaban J connectivity index is 1.42. The summed E-state index contributed by atoms with van der Waals surface area (Å²) in [4.78, 5) is 7.46. The Morgan fingerprint density at radius 2 is 1.95 bits per heavy atom. The van der Waals surface area contributed by atoms with Crippen molar-refractivity contribution in [1.82, 2.24) is 19.6 Å². The van der Waals surface area contributed by atoms with E-state index in [0.29, 0.717) is 40.6 Å². The van der Waals surface area contributed by atoms with Gasteiger partial charge in [-0.1, -0.05) is 54.0 Å². The number of hydrogen-bond donors (Lipinski definition) is 2. The van der Waals surface area contributed by atoms with Crippen molar-refractivity contribution in [3.05, 3.63) is 69.7 Å². The summed E-state index contributed by atoms with van der Waals surface area (Å²) < 4.78 is 27.5. The van der Waals surface area contributed by atoms with Crippen LogP contribution in [-0.2, 0) is 23.1 Å². The number of benzene rings is 1. The third kappa shape index (κ3) is 4.49. The van der Waals surface area contributed by atoms with Crippen LogP contribution in [0.25, 0.3) is 5.65 Å². The van der Waals surface area contributed by atoms with E-state index in [1.54, 1.807) is 28.7 Å². The summed E-state index contributed by atoms with van der Waals surface area (Å²) in [6, 6.07) is 10.8. The molecule has 13 heteroatoms. The summed E-state index contributed by atoms with van der Waals surface area (Å²) >= 11 is 13.7. The number of aromatic nitrogens is 4. The summed E-state index contributed by atoms with van der Waals surface area (Å²) in [6.07, 6.45) is 4.59. The quantitative estimate of drug-likeness (QED) is 0.336. The van der Waals surface area contributed by atoms with E-state index in [1.165, 1.54) is 11.3 Å². The molecule has 9 nitrogen and oxygen atoms in total. The van der Waals surface area contributed by atoms with Crippen molar-refractivity contribution in [2.75, 3.05) is 18.0 Å². The molecule has 39 heavy (non-hydrogen) atoms. The van der Waals surface area contributed by atoms with E-state index in [-0.39, 0.29) is 32.5 Å². The van der Waals surface area contributed by atoms with Gasteiger partial charge in [0.15, 0.2) is 11.5 Å². The van der Waals surface area contributed by atoms with Crippen molar-refractivity contribution in [3.63, 3.8) is 0 Å². The number of piperidine rings is 1. The van der Waals surface area contributed by atoms with Gasteiger partial charge in [0.25, 0.3) is 0 Å². The van der Waals surface area contributed by atoms with Gasteiger partial charge in [-0.05, 0) is 54.4 Å². The molecular weight excluding hydrogens is 579 g/mol. The molecule has 0 saturated carbocycles. The maximum absolute atomic E-state index is 12.9. The molecule has 2 aliphatic rings. The van der Waals surface area contributed by atoms with Crippen molar-refractivity contribution >= 4 is 56.5 Å². The van der Waals surface area contributed by atoms with Crippen LogP contribution in [0.4, 0.5) is 5.82 Å². The number of anilines is 1. The molecule has 1 fully saturated rings. The molecule has 1 aliphatic heterocycles. The van der Waals surface area contributed by atoms with Crippen molar-refractivity contribution < 1.29 is 13.5 Å². The van der Waals surface area contributed by atoms with Crippen LogP contribution in [0.15, 0.2) is 57.3 Å². The summed E-state index contributed by atoms with van der Waals surface area (Å²) in [6.45, 7) is 3.28. The van der Waals surface area contributed by atoms with Gasteiger partial charge in [0, 0.05) is 35.9 Å². The van der Waals surface area contributed by atoms with Crippen molar-refractivity contribution in [1.29, 1.82) is 0 Å². The molecule has 3 N–H and O–H groups in total. The number of fused-ring (bicyclic) bond motifs is 2. The lowest BCUT2D eigenvalue weighted by Gasteiger charge is -2.43. The molecule has 0 radical (unpaired) electrons. The second-order valence-corrected chi connectivity index (χ2v) is 13.5. The first-order valence-corrected chi connectivity index (χ1v) is 15.6. The van der Waals surface area contributed by atoms with Gasteiger partial charge in [0.1, 0.15) is 17.3 Å². The lowest BCUT2D eigenvalue weighted by Crippen LogP contribution is -2.42. The molecule has 1 saturated heterocycles. The van der Waals surface area contributed by atoms with Crippen LogP contribution < -0.4 is 10.0 Å². The number of nitrogens with zero attached hydrogens (tertiary/aromatic N) is 5. The molecule has 3 aromatic heterocycles. The molecule has 1 spiro atoms. The highest BCUT2D eigenvalue weighted by Crippen LogP contribution is 2.53. The molecule has 1 aliphatic carbocycles. The monoisotopic (exact) mass is 604 g/mol. The number of sulfonamides is 1. The van der Waals surface area contributed by atoms with E-state index in [0.717, 1.165) is 31.0 Å². The third-order valence-electron chi connectivity index (χ3n) is 8.14. The number of nitrogens with two attached hydrogens (primary N) is 1. The predicted molar refractivity (Wildman–Crippen MR) is 151 cm³/mol. The van der Waals surface area contributed by atoms with E-state index in [9.17, 15) is 13.5 Å². The minimum absolute atomic E-state index is 0.0888. The van der Waals surface area contributed by atoms with Crippen LogP contribution in [0.1, 0.15) is 42.8 Å². The molecule has 1 unspecified atom stereocenters. The first kappa shape index (κ1) is 26.8. The van der Waals surface area contributed by atoms with Crippen molar-refractivity contribution in [2.24, 2.45) is 10.6 Å². The van der Waals surface area contributed by atoms with Gasteiger partial charge in [-0.15, -0.1) is 10.2 Å². The van der Waals surface area contributed by atoms with Gasteiger partial charge in [-0.25, -0.2) is 13.6 Å². The van der Waals surface area contributed by atoms with Gasteiger partial charge in [-0.3, -0.25) is 9.38 Å². The normalized spacial score (nSPS) is 18.7. The third-order valence-corrected chi connectivity index (χ3v) is 11.3. The number of rotatable bonds is 5. The Morgan fingerprint density at radius 3 is 2.64 bits per heavy atom. The van der Waals surface area contributed by atoms with Gasteiger partial charge >= 0.3 is 0 Å². The molecule has 0 amide bonds. The van der Waals surface area contributed by atoms with E-state index < -0.39 is 10.0 Å². The molecule has 1 aromatic carbocycles. The van der Waals surface area contributed by atoms with Crippen molar-refractivity contribution in [3.8, 4) is 0 Å². The summed E-state index contributed by atoms with van der Waals surface area (Å²) in [5, 5.41) is 24.9. The van der Waals surface area contributed by atoms with Gasteiger partial charge in [0.2, 0.25) is 10.0 Å². The fourth-order valence-electron chi connectivity index (χ4n) is 5.98. The summed E-state index contributed by atoms with van der Waals surface area (Å²) in [5.74, 6) is 1.25. The molecule has 0 bridgehead atoms. The summed E-state index contributed by atoms with van der Waals surface area (Å²) in [7, 11) is -4.17. The van der Waals surface area contributed by atoms with Crippen LogP contribution >= 0.6 is 35.0 Å². The van der Waals surface area contributed by atoms with Crippen LogP contribution in [0.5, 0.6) is 0 Å². The highest BCUT2D eigenvalue weighted by Gasteiger charge is 2.46. The number of aliphatic hydroxyl groups excluding tert-OH is 1. The zero-order valence-electron chi connectivity index (χ0n) is 21.0. The lowest BCUT2D eigenvalue weighted by atomic mass is 9.70. The minimum atomic E-state index is -4.17. The lowest BCUT2D eigenvalue weighted by molar-refractivity contribution is 0.193. The fraction of sp³-hybridized carbons (Fsp3) is 0.346. The van der Waals surface area contributed by atoms with Gasteiger partial charge < -0.3 is 10.0 Å². The van der Waals surface area contributed by atoms with E-state index in [1.807, 2.05) is 12.3 Å².